The van der Waals surface area contributed by atoms with Gasteiger partial charge in [-0.15, -0.1) is 0 Å². The minimum Gasteiger partial charge on any atom is -0.496 e. The first kappa shape index (κ1) is 26.7. The topological polar surface area (TPSA) is 69.3 Å². The Hall–Kier alpha value is -3.39. The molecular formula is C30H36N2O5. The van der Waals surface area contributed by atoms with E-state index in [-0.39, 0.29) is 11.9 Å². The summed E-state index contributed by atoms with van der Waals surface area (Å²) >= 11 is 0. The molecule has 1 saturated heterocycles. The third-order valence-electron chi connectivity index (χ3n) is 6.26. The summed E-state index contributed by atoms with van der Waals surface area (Å²) in [4.78, 5) is 14.6. The fraction of sp³-hybridized carbons (Fsp3) is 0.367. The Bertz CT molecular complexity index is 1120. The summed E-state index contributed by atoms with van der Waals surface area (Å²) in [5.74, 6) is 1.64. The zero-order chi connectivity index (χ0) is 25.9. The fourth-order valence-electron chi connectivity index (χ4n) is 4.27. The van der Waals surface area contributed by atoms with Gasteiger partial charge in [-0.3, -0.25) is 4.79 Å². The van der Waals surface area contributed by atoms with E-state index in [2.05, 4.69) is 36.5 Å². The van der Waals surface area contributed by atoms with Crippen LogP contribution in [0.2, 0.25) is 0 Å². The molecule has 7 nitrogen and oxygen atoms in total. The van der Waals surface area contributed by atoms with Crippen LogP contribution in [0.25, 0.3) is 0 Å². The van der Waals surface area contributed by atoms with E-state index in [9.17, 15) is 4.79 Å². The van der Waals surface area contributed by atoms with Crippen molar-refractivity contribution in [1.29, 1.82) is 0 Å². The van der Waals surface area contributed by atoms with Crippen molar-refractivity contribution >= 4 is 11.6 Å². The van der Waals surface area contributed by atoms with Crippen molar-refractivity contribution in [2.45, 2.75) is 32.6 Å². The SMILES string of the molecule is COc1ccccc1COCCCOc1ccc(N2C(=O)CNCC2COCc2ccc(C)cc2)cc1. The molecular weight excluding hydrogens is 468 g/mol. The van der Waals surface area contributed by atoms with Crippen molar-refractivity contribution in [1.82, 2.24) is 5.32 Å². The first-order valence-corrected chi connectivity index (χ1v) is 12.7. The Labute approximate surface area is 219 Å². The molecule has 1 amide bonds. The monoisotopic (exact) mass is 504 g/mol. The molecule has 0 saturated carbocycles. The van der Waals surface area contributed by atoms with Crippen molar-refractivity contribution in [2.24, 2.45) is 0 Å². The standard InChI is InChI=1S/C30H36N2O5/c1-23-8-10-24(11-9-23)20-36-22-27-18-31-19-30(33)32(27)26-12-14-28(15-13-26)37-17-5-16-35-21-25-6-3-4-7-29(25)34-2/h3-4,6-15,27,31H,5,16-22H2,1-2H3. The second kappa shape index (κ2) is 13.8. The van der Waals surface area contributed by atoms with Crippen molar-refractivity contribution in [3.63, 3.8) is 0 Å². The van der Waals surface area contributed by atoms with Crippen LogP contribution < -0.4 is 19.7 Å². The van der Waals surface area contributed by atoms with Crippen LogP contribution in [0.5, 0.6) is 11.5 Å². The van der Waals surface area contributed by atoms with Gasteiger partial charge in [0, 0.05) is 24.2 Å². The number of methoxy groups -OCH3 is 1. The number of rotatable bonds is 13. The minimum absolute atomic E-state index is 0.0380. The number of aryl methyl sites for hydroxylation is 1. The summed E-state index contributed by atoms with van der Waals surface area (Å²) in [6, 6.07) is 23.8. The molecule has 1 aliphatic heterocycles. The number of para-hydroxylation sites is 1. The Kier molecular flexibility index (Phi) is 9.94. The number of nitrogens with one attached hydrogen (secondary N) is 1. The van der Waals surface area contributed by atoms with E-state index in [1.807, 2.05) is 53.4 Å². The summed E-state index contributed by atoms with van der Waals surface area (Å²) in [7, 11) is 1.66. The van der Waals surface area contributed by atoms with Crippen LogP contribution in [0.15, 0.2) is 72.8 Å². The smallest absolute Gasteiger partial charge is 0.241 e. The predicted octanol–water partition coefficient (Wildman–Crippen LogP) is 4.51. The highest BCUT2D eigenvalue weighted by atomic mass is 16.5. The van der Waals surface area contributed by atoms with Gasteiger partial charge in [-0.1, -0.05) is 48.0 Å². The molecule has 1 atom stereocenters. The number of ether oxygens (including phenoxy) is 4. The fourth-order valence-corrected chi connectivity index (χ4v) is 4.27. The lowest BCUT2D eigenvalue weighted by Gasteiger charge is -2.36. The normalized spacial score (nSPS) is 15.6. The van der Waals surface area contributed by atoms with Crippen LogP contribution >= 0.6 is 0 Å². The van der Waals surface area contributed by atoms with E-state index in [4.69, 9.17) is 18.9 Å². The molecule has 0 aromatic heterocycles. The third-order valence-corrected chi connectivity index (χ3v) is 6.26. The van der Waals surface area contributed by atoms with Gasteiger partial charge in [0.2, 0.25) is 5.91 Å². The number of anilines is 1. The van der Waals surface area contributed by atoms with Crippen LogP contribution in [0, 0.1) is 6.92 Å². The second-order valence-electron chi connectivity index (χ2n) is 9.11. The van der Waals surface area contributed by atoms with Crippen molar-refractivity contribution in [3.8, 4) is 11.5 Å². The molecule has 196 valence electrons. The van der Waals surface area contributed by atoms with E-state index in [1.165, 1.54) is 5.56 Å². The average Bonchev–Trinajstić information content (AvgIpc) is 2.92. The van der Waals surface area contributed by atoms with Gasteiger partial charge in [-0.05, 0) is 42.8 Å². The Balaban J connectivity index is 1.22. The summed E-state index contributed by atoms with van der Waals surface area (Å²) < 4.78 is 23.0. The van der Waals surface area contributed by atoms with Crippen LogP contribution in [0.4, 0.5) is 5.69 Å². The van der Waals surface area contributed by atoms with Crippen molar-refractivity contribution < 1.29 is 23.7 Å². The summed E-state index contributed by atoms with van der Waals surface area (Å²) in [5, 5.41) is 3.20. The lowest BCUT2D eigenvalue weighted by atomic mass is 10.1. The van der Waals surface area contributed by atoms with Crippen LogP contribution in [-0.2, 0) is 27.5 Å². The number of piperazine rings is 1. The van der Waals surface area contributed by atoms with Gasteiger partial charge < -0.3 is 29.2 Å². The zero-order valence-corrected chi connectivity index (χ0v) is 21.7. The number of amides is 1. The van der Waals surface area contributed by atoms with Gasteiger partial charge in [0.05, 0.1) is 52.7 Å². The van der Waals surface area contributed by atoms with Gasteiger partial charge in [0.25, 0.3) is 0 Å². The number of carbonyl (C=O) groups excluding carboxylic acids is 1. The predicted molar refractivity (Wildman–Crippen MR) is 144 cm³/mol. The molecule has 1 fully saturated rings. The highest BCUT2D eigenvalue weighted by Crippen LogP contribution is 2.23. The molecule has 0 spiro atoms. The molecule has 0 bridgehead atoms. The van der Waals surface area contributed by atoms with Crippen LogP contribution in [0.1, 0.15) is 23.1 Å². The van der Waals surface area contributed by atoms with E-state index in [0.29, 0.717) is 46.1 Å². The number of carbonyl (C=O) groups is 1. The molecule has 1 N–H and O–H groups in total. The number of hydrogen-bond donors (Lipinski definition) is 1. The number of nitrogens with zero attached hydrogens (tertiary/aromatic N) is 1. The summed E-state index contributed by atoms with van der Waals surface area (Å²) in [6.07, 6.45) is 0.771. The molecule has 7 heteroatoms. The maximum Gasteiger partial charge on any atom is 0.241 e. The van der Waals surface area contributed by atoms with Crippen molar-refractivity contribution in [2.75, 3.05) is 44.9 Å². The Morgan fingerprint density at radius 3 is 2.49 bits per heavy atom. The molecule has 4 rings (SSSR count). The van der Waals surface area contributed by atoms with E-state index >= 15 is 0 Å². The zero-order valence-electron chi connectivity index (χ0n) is 21.7. The van der Waals surface area contributed by atoms with Crippen LogP contribution in [0.3, 0.4) is 0 Å². The summed E-state index contributed by atoms with van der Waals surface area (Å²) in [6.45, 7) is 5.70. The minimum atomic E-state index is -0.0705. The molecule has 1 unspecified atom stereocenters. The first-order valence-electron chi connectivity index (χ1n) is 12.7. The summed E-state index contributed by atoms with van der Waals surface area (Å²) in [5.41, 5.74) is 4.23. The Morgan fingerprint density at radius 1 is 0.919 bits per heavy atom. The van der Waals surface area contributed by atoms with Gasteiger partial charge in [-0.25, -0.2) is 0 Å². The largest absolute Gasteiger partial charge is 0.496 e. The Morgan fingerprint density at radius 2 is 1.70 bits per heavy atom. The van der Waals surface area contributed by atoms with E-state index in [0.717, 1.165) is 34.7 Å². The highest BCUT2D eigenvalue weighted by Gasteiger charge is 2.29. The van der Waals surface area contributed by atoms with E-state index in [1.54, 1.807) is 7.11 Å². The number of hydrogen-bond acceptors (Lipinski definition) is 6. The molecule has 3 aromatic rings. The van der Waals surface area contributed by atoms with Gasteiger partial charge in [0.15, 0.2) is 0 Å². The van der Waals surface area contributed by atoms with Gasteiger partial charge in [0.1, 0.15) is 11.5 Å². The lowest BCUT2D eigenvalue weighted by molar-refractivity contribution is -0.119. The van der Waals surface area contributed by atoms with E-state index < -0.39 is 0 Å². The molecule has 3 aromatic carbocycles. The third kappa shape index (κ3) is 7.79. The highest BCUT2D eigenvalue weighted by molar-refractivity contribution is 5.96. The second-order valence-corrected chi connectivity index (χ2v) is 9.11. The van der Waals surface area contributed by atoms with Crippen LogP contribution in [-0.4, -0.2) is 52.0 Å². The maximum absolute atomic E-state index is 12.7. The van der Waals surface area contributed by atoms with Crippen molar-refractivity contribution in [3.05, 3.63) is 89.5 Å². The average molecular weight is 505 g/mol. The first-order chi connectivity index (χ1) is 18.1. The quantitative estimate of drug-likeness (QED) is 0.346. The maximum atomic E-state index is 12.7. The number of benzene rings is 3. The molecule has 0 radical (unpaired) electrons. The molecule has 37 heavy (non-hydrogen) atoms. The van der Waals surface area contributed by atoms with Gasteiger partial charge in [-0.2, -0.15) is 0 Å². The molecule has 1 aliphatic rings. The molecule has 1 heterocycles. The lowest BCUT2D eigenvalue weighted by Crippen LogP contribution is -2.57. The molecule has 0 aliphatic carbocycles. The van der Waals surface area contributed by atoms with Gasteiger partial charge >= 0.3 is 0 Å².